The van der Waals surface area contributed by atoms with E-state index in [4.69, 9.17) is 4.74 Å². The number of ether oxygens (including phenoxy) is 1. The second-order valence-corrected chi connectivity index (χ2v) is 12.8. The maximum absolute atomic E-state index is 13.4. The lowest BCUT2D eigenvalue weighted by molar-refractivity contribution is -0.203. The minimum Gasteiger partial charge on any atom is -0.461 e. The number of aliphatic hydroxyl groups excluding tert-OH is 1. The van der Waals surface area contributed by atoms with Crippen LogP contribution in [0.3, 0.4) is 0 Å². The van der Waals surface area contributed by atoms with Gasteiger partial charge in [0, 0.05) is 35.5 Å². The molecule has 2 bridgehead atoms. The van der Waals surface area contributed by atoms with Crippen molar-refractivity contribution in [1.82, 2.24) is 4.90 Å². The van der Waals surface area contributed by atoms with Crippen molar-refractivity contribution in [2.24, 2.45) is 34.0 Å². The fraction of sp³-hybridized carbons (Fsp3) is 0.857. The molecule has 0 unspecified atom stereocenters. The van der Waals surface area contributed by atoms with Crippen LogP contribution >= 0.6 is 11.8 Å². The van der Waals surface area contributed by atoms with Crippen LogP contribution in [0, 0.1) is 34.0 Å². The fourth-order valence-electron chi connectivity index (χ4n) is 7.75. The molecule has 0 aromatic carbocycles. The van der Waals surface area contributed by atoms with Crippen molar-refractivity contribution in [3.63, 3.8) is 0 Å². The molecule has 0 aliphatic heterocycles. The van der Waals surface area contributed by atoms with Crippen molar-refractivity contribution < 1.29 is 19.4 Å². The number of esters is 1. The molecule has 3 rings (SSSR count). The predicted octanol–water partition coefficient (Wildman–Crippen LogP) is 4.97. The molecule has 3 saturated carbocycles. The van der Waals surface area contributed by atoms with E-state index in [2.05, 4.69) is 46.1 Å². The molecule has 5 nitrogen and oxygen atoms in total. The molecule has 3 aliphatic carbocycles. The van der Waals surface area contributed by atoms with E-state index in [-0.39, 0.29) is 23.2 Å². The summed E-state index contributed by atoms with van der Waals surface area (Å²) in [5, 5.41) is 11.6. The quantitative estimate of drug-likeness (QED) is 0.278. The van der Waals surface area contributed by atoms with E-state index in [0.717, 1.165) is 44.6 Å². The predicted molar refractivity (Wildman–Crippen MR) is 140 cm³/mol. The number of nitrogens with zero attached hydrogens (tertiary/aromatic N) is 1. The van der Waals surface area contributed by atoms with Crippen LogP contribution in [0.1, 0.15) is 73.6 Å². The molecule has 34 heavy (non-hydrogen) atoms. The smallest absolute Gasteiger partial charge is 0.316 e. The number of hydrogen-bond donors (Lipinski definition) is 1. The average Bonchev–Trinajstić information content (AvgIpc) is 3.19. The molecule has 194 valence electrons. The van der Waals surface area contributed by atoms with E-state index in [1.54, 1.807) is 11.8 Å². The summed E-state index contributed by atoms with van der Waals surface area (Å²) in [5.74, 6) is 1.45. The van der Waals surface area contributed by atoms with Gasteiger partial charge in [0.2, 0.25) is 0 Å². The first kappa shape index (κ1) is 27.7. The molecule has 3 aliphatic rings. The summed E-state index contributed by atoms with van der Waals surface area (Å²) in [4.78, 5) is 28.8. The van der Waals surface area contributed by atoms with Gasteiger partial charge < -0.3 is 14.7 Å². The van der Waals surface area contributed by atoms with Crippen LogP contribution in [0.25, 0.3) is 0 Å². The zero-order valence-electron chi connectivity index (χ0n) is 22.3. The van der Waals surface area contributed by atoms with Gasteiger partial charge in [0.15, 0.2) is 0 Å². The first-order valence-corrected chi connectivity index (χ1v) is 14.5. The molecule has 0 spiro atoms. The number of carbonyl (C=O) groups excluding carboxylic acids is 2. The van der Waals surface area contributed by atoms with Crippen molar-refractivity contribution in [3.8, 4) is 0 Å². The van der Waals surface area contributed by atoms with Gasteiger partial charge in [0.25, 0.3) is 0 Å². The van der Waals surface area contributed by atoms with Crippen molar-refractivity contribution in [1.29, 1.82) is 0 Å². The van der Waals surface area contributed by atoms with Gasteiger partial charge in [0.05, 0.1) is 11.9 Å². The third-order valence-corrected chi connectivity index (χ3v) is 11.0. The van der Waals surface area contributed by atoms with Gasteiger partial charge in [-0.1, -0.05) is 47.6 Å². The second kappa shape index (κ2) is 10.6. The Bertz CT molecular complexity index is 770. The molecule has 0 amide bonds. The van der Waals surface area contributed by atoms with E-state index >= 15 is 0 Å². The number of carbonyl (C=O) groups is 2. The van der Waals surface area contributed by atoms with Crippen LogP contribution in [0.4, 0.5) is 0 Å². The number of rotatable bonds is 9. The lowest BCUT2D eigenvalue weighted by atomic mass is 9.43. The number of ketones is 1. The van der Waals surface area contributed by atoms with Crippen molar-refractivity contribution in [2.45, 2.75) is 85.9 Å². The minimum atomic E-state index is -0.631. The van der Waals surface area contributed by atoms with Crippen LogP contribution in [0.5, 0.6) is 0 Å². The highest BCUT2D eigenvalue weighted by Crippen LogP contribution is 2.68. The van der Waals surface area contributed by atoms with Gasteiger partial charge in [-0.15, -0.1) is 18.3 Å². The summed E-state index contributed by atoms with van der Waals surface area (Å²) >= 11 is 1.61. The first-order valence-electron chi connectivity index (χ1n) is 13.3. The van der Waals surface area contributed by atoms with Gasteiger partial charge in [-0.05, 0) is 56.0 Å². The Morgan fingerprint density at radius 2 is 1.94 bits per heavy atom. The number of aliphatic hydroxyl groups is 1. The standard InChI is InChI=1S/C28H47NO4S/c1-8-26(6)17-22(33-23(31)18-34-16-15-29(9-2)10-3)27(7)13-11-19(4)28(20(5)25(26)32)14-12-21(30)24(27)28/h8,19-20,22,24-25,32H,1,9-18H2,2-7H3/t19-,20-,22-,24+,25+,26+,27+,28-/m0/s1. The summed E-state index contributed by atoms with van der Waals surface area (Å²) in [6.07, 6.45) is 4.56. The maximum Gasteiger partial charge on any atom is 0.316 e. The molecule has 0 heterocycles. The highest BCUT2D eigenvalue weighted by atomic mass is 32.2. The number of hydrogen-bond acceptors (Lipinski definition) is 6. The molecule has 0 radical (unpaired) electrons. The highest BCUT2D eigenvalue weighted by Gasteiger charge is 2.68. The molecule has 0 aromatic rings. The van der Waals surface area contributed by atoms with Crippen LogP contribution in [-0.2, 0) is 14.3 Å². The lowest BCUT2D eigenvalue weighted by Gasteiger charge is -2.62. The molecule has 3 fully saturated rings. The monoisotopic (exact) mass is 493 g/mol. The molecule has 6 heteroatoms. The zero-order chi connectivity index (χ0) is 25.3. The van der Waals surface area contributed by atoms with Gasteiger partial charge >= 0.3 is 5.97 Å². The van der Waals surface area contributed by atoms with Crippen LogP contribution < -0.4 is 0 Å². The van der Waals surface area contributed by atoms with Crippen LogP contribution in [0.15, 0.2) is 12.7 Å². The van der Waals surface area contributed by atoms with Gasteiger partial charge in [-0.25, -0.2) is 0 Å². The summed E-state index contributed by atoms with van der Waals surface area (Å²) in [6, 6.07) is 0. The molecule has 0 saturated heterocycles. The summed E-state index contributed by atoms with van der Waals surface area (Å²) in [5.41, 5.74) is -1.25. The Balaban J connectivity index is 1.87. The molecule has 8 atom stereocenters. The lowest BCUT2D eigenvalue weighted by Crippen LogP contribution is -2.63. The van der Waals surface area contributed by atoms with Gasteiger partial charge in [0.1, 0.15) is 11.9 Å². The molecular formula is C28H47NO4S. The Labute approximate surface area is 211 Å². The first-order chi connectivity index (χ1) is 16.0. The van der Waals surface area contributed by atoms with E-state index in [1.165, 1.54) is 0 Å². The Kier molecular flexibility index (Phi) is 8.68. The summed E-state index contributed by atoms with van der Waals surface area (Å²) in [6.45, 7) is 20.0. The summed E-state index contributed by atoms with van der Waals surface area (Å²) in [7, 11) is 0. The minimum absolute atomic E-state index is 0.0196. The fourth-order valence-corrected chi connectivity index (χ4v) is 8.51. The third-order valence-electron chi connectivity index (χ3n) is 10.1. The zero-order valence-corrected chi connectivity index (χ0v) is 23.1. The maximum atomic E-state index is 13.4. The molecular weight excluding hydrogens is 446 g/mol. The van der Waals surface area contributed by atoms with Crippen molar-refractivity contribution in [3.05, 3.63) is 12.7 Å². The topological polar surface area (TPSA) is 66.8 Å². The second-order valence-electron chi connectivity index (χ2n) is 11.7. The SMILES string of the molecule is C=C[C@]1(C)C[C@H](OC(=O)CSCCN(CC)CC)[C@@]2(C)CC[C@H](C)[C@@]3(CCC(=O)[C@H]23)[C@@H](C)[C@H]1O. The highest BCUT2D eigenvalue weighted by molar-refractivity contribution is 7.99. The van der Waals surface area contributed by atoms with Crippen LogP contribution in [0.2, 0.25) is 0 Å². The van der Waals surface area contributed by atoms with E-state index in [0.29, 0.717) is 30.3 Å². The normalized spacial score (nSPS) is 42.1. The van der Waals surface area contributed by atoms with Gasteiger partial charge in [-0.3, -0.25) is 9.59 Å². The van der Waals surface area contributed by atoms with E-state index in [1.807, 2.05) is 13.0 Å². The molecule has 1 N–H and O–H groups in total. The summed E-state index contributed by atoms with van der Waals surface area (Å²) < 4.78 is 6.26. The van der Waals surface area contributed by atoms with Crippen molar-refractivity contribution >= 4 is 23.5 Å². The Morgan fingerprint density at radius 1 is 1.26 bits per heavy atom. The largest absolute Gasteiger partial charge is 0.461 e. The molecule has 0 aromatic heterocycles. The number of thioether (sulfide) groups is 1. The van der Waals surface area contributed by atoms with Crippen molar-refractivity contribution in [2.75, 3.05) is 31.1 Å². The Morgan fingerprint density at radius 3 is 2.56 bits per heavy atom. The third kappa shape index (κ3) is 4.64. The van der Waals surface area contributed by atoms with Crippen LogP contribution in [-0.4, -0.2) is 65.1 Å². The van der Waals surface area contributed by atoms with Gasteiger partial charge in [-0.2, -0.15) is 0 Å². The van der Waals surface area contributed by atoms with E-state index < -0.39 is 23.0 Å². The Hall–Kier alpha value is -0.850. The van der Waals surface area contributed by atoms with E-state index in [9.17, 15) is 14.7 Å². The average molecular weight is 494 g/mol. The number of Topliss-reactive ketones (excluding diaryl/α,β-unsaturated/α-hetero) is 1.